The van der Waals surface area contributed by atoms with Crippen LogP contribution in [0.5, 0.6) is 34.8 Å². The van der Waals surface area contributed by atoms with Crippen LogP contribution in [-0.4, -0.2) is 92.4 Å². The lowest BCUT2D eigenvalue weighted by atomic mass is 10.1. The van der Waals surface area contributed by atoms with E-state index in [2.05, 4.69) is 11.0 Å². The first-order valence-electron chi connectivity index (χ1n) is 22.4. The number of likely N-dealkylation sites (N-methyl/N-ethyl adjacent to an activating group) is 1. The van der Waals surface area contributed by atoms with Crippen LogP contribution in [0.3, 0.4) is 0 Å². The number of aromatic nitrogens is 1. The third kappa shape index (κ3) is 8.11. The summed E-state index contributed by atoms with van der Waals surface area (Å²) >= 11 is 0. The van der Waals surface area contributed by atoms with Gasteiger partial charge in [-0.2, -0.15) is 0 Å². The maximum atomic E-state index is 14.2. The molecule has 4 aliphatic rings. The molecule has 6 aromatic rings. The number of para-hydroxylation sites is 2. The number of hydrogen-bond donors (Lipinski definition) is 2. The Bertz CT molecular complexity index is 2980. The average Bonchev–Trinajstić information content (AvgIpc) is 3.97. The van der Waals surface area contributed by atoms with Crippen molar-refractivity contribution in [1.29, 1.82) is 0 Å². The van der Waals surface area contributed by atoms with Crippen molar-refractivity contribution < 1.29 is 48.4 Å². The van der Waals surface area contributed by atoms with Gasteiger partial charge in [0.2, 0.25) is 11.8 Å². The van der Waals surface area contributed by atoms with Crippen LogP contribution in [-0.2, 0) is 30.8 Å². The zero-order valence-electron chi connectivity index (χ0n) is 38.0. The zero-order chi connectivity index (χ0) is 47.2. The lowest BCUT2D eigenvalue weighted by Crippen LogP contribution is -2.41. The number of carbonyl (C=O) groups excluding carboxylic acids is 3. The number of fused-ring (bicyclic) bond motifs is 8. The molecule has 0 unspecified atom stereocenters. The number of aliphatic imine (C=N–C) groups is 1. The smallest absolute Gasteiger partial charge is 0.333 e. The van der Waals surface area contributed by atoms with Gasteiger partial charge in [0.15, 0.2) is 23.0 Å². The largest absolute Gasteiger partial charge is 0.493 e. The van der Waals surface area contributed by atoms with Gasteiger partial charge in [-0.1, -0.05) is 36.4 Å². The number of anilines is 4. The Kier molecular flexibility index (Phi) is 11.5. The average molecular weight is 919 g/mol. The summed E-state index contributed by atoms with van der Waals surface area (Å²) in [7, 11) is 6.98. The van der Waals surface area contributed by atoms with E-state index in [0.717, 1.165) is 51.4 Å². The summed E-state index contributed by atoms with van der Waals surface area (Å²) in [6.07, 6.45) is 3.66. The van der Waals surface area contributed by atoms with Crippen LogP contribution in [0.25, 0.3) is 0 Å². The van der Waals surface area contributed by atoms with Crippen LogP contribution in [0.4, 0.5) is 28.4 Å². The topological polar surface area (TPSA) is 168 Å². The number of nitrogens with zero attached hydrogens (tertiary/aromatic N) is 6. The minimum atomic E-state index is -0.630. The summed E-state index contributed by atoms with van der Waals surface area (Å²) in [4.78, 5) is 58.6. The number of amides is 2. The lowest BCUT2D eigenvalue weighted by Gasteiger charge is -2.25. The molecule has 16 nitrogen and oxygen atoms in total. The molecule has 2 amide bonds. The van der Waals surface area contributed by atoms with E-state index in [0.29, 0.717) is 70.5 Å². The van der Waals surface area contributed by atoms with Gasteiger partial charge < -0.3 is 48.7 Å². The first kappa shape index (κ1) is 43.7. The molecule has 5 aromatic carbocycles. The van der Waals surface area contributed by atoms with E-state index in [9.17, 15) is 24.6 Å². The molecule has 0 radical (unpaired) electrons. The van der Waals surface area contributed by atoms with Crippen LogP contribution >= 0.6 is 0 Å². The highest BCUT2D eigenvalue weighted by Gasteiger charge is 2.40. The van der Waals surface area contributed by atoms with Crippen LogP contribution in [0.2, 0.25) is 0 Å². The highest BCUT2D eigenvalue weighted by Crippen LogP contribution is 2.44. The first-order chi connectivity index (χ1) is 33.0. The van der Waals surface area contributed by atoms with E-state index >= 15 is 0 Å². The number of rotatable bonds is 14. The quantitative estimate of drug-likeness (QED) is 0.113. The molecule has 0 fully saturated rings. The number of methoxy groups -OCH3 is 2. The molecule has 5 heterocycles. The van der Waals surface area contributed by atoms with Crippen molar-refractivity contribution in [3.8, 4) is 34.8 Å². The molecule has 4 aliphatic heterocycles. The molecule has 68 heavy (non-hydrogen) atoms. The number of hydrogen-bond acceptors (Lipinski definition) is 13. The van der Waals surface area contributed by atoms with Gasteiger partial charge in [0.25, 0.3) is 11.8 Å². The molecular weight excluding hydrogens is 869 g/mol. The summed E-state index contributed by atoms with van der Waals surface area (Å²) in [6.45, 7) is 1.31. The number of aromatic hydroxyl groups is 2. The Labute approximate surface area is 392 Å². The molecule has 0 saturated carbocycles. The molecule has 348 valence electrons. The lowest BCUT2D eigenvalue weighted by molar-refractivity contribution is -0.145. The van der Waals surface area contributed by atoms with Gasteiger partial charge >= 0.3 is 5.97 Å². The normalized spacial score (nSPS) is 16.4. The molecule has 0 aliphatic carbocycles. The van der Waals surface area contributed by atoms with E-state index in [-0.39, 0.29) is 43.5 Å². The summed E-state index contributed by atoms with van der Waals surface area (Å²) in [5.74, 6) is 0.00538. The second-order valence-electron chi connectivity index (χ2n) is 17.4. The van der Waals surface area contributed by atoms with E-state index in [1.54, 1.807) is 30.2 Å². The molecule has 2 N–H and O–H groups in total. The fraction of sp³-hybridized carbons (Fsp3) is 0.269. The van der Waals surface area contributed by atoms with Crippen molar-refractivity contribution >= 4 is 52.4 Å². The minimum Gasteiger partial charge on any atom is -0.493 e. The van der Waals surface area contributed by atoms with Crippen LogP contribution in [0.1, 0.15) is 55.8 Å². The maximum absolute atomic E-state index is 14.2. The van der Waals surface area contributed by atoms with Gasteiger partial charge in [0.05, 0.1) is 48.8 Å². The van der Waals surface area contributed by atoms with E-state index < -0.39 is 17.7 Å². The first-order valence-corrected chi connectivity index (χ1v) is 22.4. The molecule has 0 spiro atoms. The zero-order valence-corrected chi connectivity index (χ0v) is 38.0. The van der Waals surface area contributed by atoms with Crippen molar-refractivity contribution in [2.45, 2.75) is 51.0 Å². The van der Waals surface area contributed by atoms with Crippen LogP contribution < -0.4 is 43.4 Å². The Morgan fingerprint density at radius 2 is 1.32 bits per heavy atom. The Hall–Kier alpha value is -8.14. The summed E-state index contributed by atoms with van der Waals surface area (Å²) < 4.78 is 25.3. The monoisotopic (exact) mass is 918 g/mol. The summed E-state index contributed by atoms with van der Waals surface area (Å²) in [5, 5.41) is 19.8. The predicted octanol–water partition coefficient (Wildman–Crippen LogP) is 7.26. The molecule has 2 atom stereocenters. The van der Waals surface area contributed by atoms with Gasteiger partial charge in [-0.25, -0.2) is 4.79 Å². The van der Waals surface area contributed by atoms with Crippen LogP contribution in [0.15, 0.2) is 108 Å². The fourth-order valence-corrected chi connectivity index (χ4v) is 9.61. The molecule has 16 heteroatoms. The van der Waals surface area contributed by atoms with Gasteiger partial charge in [-0.15, -0.1) is 4.73 Å². The highest BCUT2D eigenvalue weighted by molar-refractivity contribution is 6.15. The molecule has 0 saturated heterocycles. The fourth-order valence-electron chi connectivity index (χ4n) is 9.61. The maximum Gasteiger partial charge on any atom is 0.333 e. The van der Waals surface area contributed by atoms with Crippen molar-refractivity contribution in [2.75, 3.05) is 61.0 Å². The summed E-state index contributed by atoms with van der Waals surface area (Å²) in [6, 6.07) is 31.1. The van der Waals surface area contributed by atoms with E-state index in [1.165, 1.54) is 19.2 Å². The van der Waals surface area contributed by atoms with Gasteiger partial charge in [-0.05, 0) is 77.6 Å². The van der Waals surface area contributed by atoms with Crippen LogP contribution in [0, 0.1) is 0 Å². The van der Waals surface area contributed by atoms with E-state index in [4.69, 9.17) is 28.8 Å². The Morgan fingerprint density at radius 3 is 2.00 bits per heavy atom. The standard InChI is InChI=1S/C52H50N6O10/c1-54(17-9-14-50(61)68-58-48(59)15-16-49(58)60)35-19-31(29-66-46-25-40-38(23-44(46)64-3)51(62)56-36(27-53-40)21-33-10-5-7-12-41(33)56)18-32(20-35)30-67-47-26-43-39(24-45(47)65-4)52(63)57-37(28-55(43)2)22-34-11-6-8-13-42(34)57/h5-8,10-13,15-16,18-20,23-27,36-37,59-60H,9,14,17,21-22,28-30H2,1-4H3/t36-,37-/m0/s1. The molecule has 10 rings (SSSR count). The Balaban J connectivity index is 0.906. The minimum absolute atomic E-state index is 0.00832. The molecular formula is C52H50N6O10. The second-order valence-corrected chi connectivity index (χ2v) is 17.4. The molecule has 1 aromatic heterocycles. The van der Waals surface area contributed by atoms with Gasteiger partial charge in [0.1, 0.15) is 13.2 Å². The number of ether oxygens (including phenoxy) is 4. The number of benzene rings is 5. The predicted molar refractivity (Wildman–Crippen MR) is 256 cm³/mol. The van der Waals surface area contributed by atoms with Crippen molar-refractivity contribution in [2.24, 2.45) is 4.99 Å². The third-order valence-corrected chi connectivity index (χ3v) is 13.0. The summed E-state index contributed by atoms with van der Waals surface area (Å²) in [5.41, 5.74) is 8.61. The van der Waals surface area contributed by atoms with Gasteiger partial charge in [0, 0.05) is 87.6 Å². The second kappa shape index (κ2) is 17.9. The molecule has 0 bridgehead atoms. The van der Waals surface area contributed by atoms with E-state index in [1.807, 2.05) is 96.8 Å². The third-order valence-electron chi connectivity index (χ3n) is 13.0. The Morgan fingerprint density at radius 1 is 0.721 bits per heavy atom. The van der Waals surface area contributed by atoms with Gasteiger partial charge in [-0.3, -0.25) is 19.5 Å². The number of carbonyl (C=O) groups is 3. The van der Waals surface area contributed by atoms with Crippen molar-refractivity contribution in [3.63, 3.8) is 0 Å². The SMILES string of the molecule is COc1cc2c(cc1OCc1cc(COc3cc4c(cc3OC)C(=O)N3c5ccccc5C[C@H]3CN4C)cc(N(C)CCCC(=O)On3c(O)ccc3O)c1)N=C[C@@H]1Cc3ccccc3N1C2=O. The van der Waals surface area contributed by atoms with Crippen molar-refractivity contribution in [1.82, 2.24) is 4.73 Å². The van der Waals surface area contributed by atoms with Crippen molar-refractivity contribution in [3.05, 3.63) is 137 Å². The highest BCUT2D eigenvalue weighted by atomic mass is 16.7.